The largest absolute Gasteiger partial charge is 0.394 e. The molecule has 0 aliphatic rings. The molecule has 0 saturated carbocycles. The van der Waals surface area contributed by atoms with Crippen molar-refractivity contribution in [2.75, 3.05) is 6.61 Å². The molecule has 104 valence electrons. The van der Waals surface area contributed by atoms with Crippen LogP contribution in [0.2, 0.25) is 0 Å². The second-order valence-electron chi connectivity index (χ2n) is 4.56. The summed E-state index contributed by atoms with van der Waals surface area (Å²) in [6.07, 6.45) is 0. The van der Waals surface area contributed by atoms with E-state index in [0.29, 0.717) is 5.56 Å². The Morgan fingerprint density at radius 2 is 1.90 bits per heavy atom. The molecule has 1 amide bonds. The molecule has 0 unspecified atom stereocenters. The van der Waals surface area contributed by atoms with Gasteiger partial charge in [0.15, 0.2) is 0 Å². The van der Waals surface area contributed by atoms with Gasteiger partial charge in [0.05, 0.1) is 18.2 Å². The van der Waals surface area contributed by atoms with Crippen LogP contribution in [0.3, 0.4) is 0 Å². The molecule has 0 aliphatic heterocycles. The summed E-state index contributed by atoms with van der Waals surface area (Å²) in [7, 11) is 0. The molecule has 0 saturated heterocycles. The van der Waals surface area contributed by atoms with E-state index >= 15 is 0 Å². The number of carbonyl (C=O) groups is 1. The first-order valence-corrected chi connectivity index (χ1v) is 7.43. The highest BCUT2D eigenvalue weighted by Gasteiger charge is 2.17. The molecule has 0 radical (unpaired) electrons. The van der Waals surface area contributed by atoms with Crippen LogP contribution in [0.1, 0.15) is 27.5 Å². The van der Waals surface area contributed by atoms with Gasteiger partial charge in [-0.05, 0) is 46.7 Å². The van der Waals surface area contributed by atoms with Crippen LogP contribution in [0.4, 0.5) is 0 Å². The van der Waals surface area contributed by atoms with Gasteiger partial charge in [0.2, 0.25) is 0 Å². The Balaban J connectivity index is 2.20. The van der Waals surface area contributed by atoms with Gasteiger partial charge in [0.25, 0.3) is 5.91 Å². The molecule has 0 bridgehead atoms. The van der Waals surface area contributed by atoms with Gasteiger partial charge in [-0.15, -0.1) is 0 Å². The molecule has 2 N–H and O–H groups in total. The number of hydrogen-bond donors (Lipinski definition) is 2. The molecule has 0 aromatic heterocycles. The van der Waals surface area contributed by atoms with Crippen molar-refractivity contribution in [1.29, 1.82) is 0 Å². The minimum atomic E-state index is -0.389. The Labute approximate surface area is 132 Å². The van der Waals surface area contributed by atoms with Crippen LogP contribution in [-0.2, 0) is 0 Å². The zero-order chi connectivity index (χ0) is 14.5. The van der Waals surface area contributed by atoms with Crippen molar-refractivity contribution < 1.29 is 9.90 Å². The summed E-state index contributed by atoms with van der Waals surface area (Å²) in [5.74, 6) is -0.166. The topological polar surface area (TPSA) is 49.3 Å². The van der Waals surface area contributed by atoms with Crippen molar-refractivity contribution in [2.45, 2.75) is 13.0 Å². The molecule has 20 heavy (non-hydrogen) atoms. The Kier molecular flexibility index (Phi) is 5.14. The Morgan fingerprint density at radius 1 is 1.20 bits per heavy atom. The molecule has 1 atom stereocenters. The van der Waals surface area contributed by atoms with E-state index in [2.05, 4.69) is 27.9 Å². The van der Waals surface area contributed by atoms with Crippen LogP contribution < -0.4 is 5.32 Å². The highest BCUT2D eigenvalue weighted by molar-refractivity contribution is 14.1. The second-order valence-corrected chi connectivity index (χ2v) is 5.63. The number of aryl methyl sites for hydroxylation is 1. The maximum atomic E-state index is 12.3. The van der Waals surface area contributed by atoms with Crippen LogP contribution in [0.25, 0.3) is 0 Å². The number of hydrogen-bond acceptors (Lipinski definition) is 2. The average molecular weight is 381 g/mol. The van der Waals surface area contributed by atoms with Gasteiger partial charge in [-0.1, -0.05) is 42.5 Å². The van der Waals surface area contributed by atoms with Crippen molar-refractivity contribution in [3.63, 3.8) is 0 Å². The summed E-state index contributed by atoms with van der Waals surface area (Å²) in [6.45, 7) is 1.84. The van der Waals surface area contributed by atoms with Crippen molar-refractivity contribution in [3.8, 4) is 0 Å². The quantitative estimate of drug-likeness (QED) is 0.800. The molecule has 2 rings (SSSR count). The molecule has 2 aromatic carbocycles. The standard InChI is InChI=1S/C16H16INO2/c1-11-6-5-9-13(15(11)17)16(20)18-14(10-19)12-7-3-2-4-8-12/h2-9,14,19H,10H2,1H3,(H,18,20)/t14-/m1/s1. The Hall–Kier alpha value is -1.40. The summed E-state index contributed by atoms with van der Waals surface area (Å²) in [5, 5.41) is 12.4. The maximum absolute atomic E-state index is 12.3. The molecule has 0 spiro atoms. The SMILES string of the molecule is Cc1cccc(C(=O)N[C@H](CO)c2ccccc2)c1I. The number of aliphatic hydroxyl groups is 1. The molecule has 0 fully saturated rings. The van der Waals surface area contributed by atoms with Gasteiger partial charge in [-0.2, -0.15) is 0 Å². The van der Waals surface area contributed by atoms with E-state index in [1.165, 1.54) is 0 Å². The molecule has 0 heterocycles. The highest BCUT2D eigenvalue weighted by atomic mass is 127. The van der Waals surface area contributed by atoms with Gasteiger partial charge >= 0.3 is 0 Å². The van der Waals surface area contributed by atoms with Gasteiger partial charge in [0.1, 0.15) is 0 Å². The lowest BCUT2D eigenvalue weighted by atomic mass is 10.1. The van der Waals surface area contributed by atoms with E-state index in [9.17, 15) is 9.90 Å². The minimum Gasteiger partial charge on any atom is -0.394 e. The van der Waals surface area contributed by atoms with Gasteiger partial charge in [-0.3, -0.25) is 4.79 Å². The molecular formula is C16H16INO2. The lowest BCUT2D eigenvalue weighted by molar-refractivity contribution is 0.0915. The number of nitrogens with one attached hydrogen (secondary N) is 1. The average Bonchev–Trinajstić information content (AvgIpc) is 2.48. The van der Waals surface area contributed by atoms with Crippen molar-refractivity contribution >= 4 is 28.5 Å². The molecule has 2 aromatic rings. The number of amides is 1. The van der Waals surface area contributed by atoms with E-state index in [4.69, 9.17) is 0 Å². The third-order valence-corrected chi connectivity index (χ3v) is 4.56. The first-order chi connectivity index (χ1) is 9.63. The third kappa shape index (κ3) is 3.37. The fourth-order valence-electron chi connectivity index (χ4n) is 1.98. The van der Waals surface area contributed by atoms with E-state index in [1.54, 1.807) is 6.07 Å². The number of halogens is 1. The van der Waals surface area contributed by atoms with Crippen LogP contribution in [0, 0.1) is 10.5 Å². The summed E-state index contributed by atoms with van der Waals surface area (Å²) in [4.78, 5) is 12.3. The van der Waals surface area contributed by atoms with Crippen LogP contribution in [0.5, 0.6) is 0 Å². The number of aliphatic hydroxyl groups excluding tert-OH is 1. The number of benzene rings is 2. The van der Waals surface area contributed by atoms with Crippen LogP contribution >= 0.6 is 22.6 Å². The van der Waals surface area contributed by atoms with Crippen LogP contribution in [0.15, 0.2) is 48.5 Å². The van der Waals surface area contributed by atoms with E-state index in [1.807, 2.05) is 49.4 Å². The highest BCUT2D eigenvalue weighted by Crippen LogP contribution is 2.18. The fourth-order valence-corrected chi connectivity index (χ4v) is 2.58. The second kappa shape index (κ2) is 6.85. The van der Waals surface area contributed by atoms with Gasteiger partial charge in [-0.25, -0.2) is 0 Å². The van der Waals surface area contributed by atoms with Gasteiger partial charge < -0.3 is 10.4 Å². The number of carbonyl (C=O) groups excluding carboxylic acids is 1. The number of rotatable bonds is 4. The van der Waals surface area contributed by atoms with Crippen molar-refractivity contribution in [1.82, 2.24) is 5.32 Å². The van der Waals surface area contributed by atoms with E-state index < -0.39 is 0 Å². The van der Waals surface area contributed by atoms with Crippen molar-refractivity contribution in [3.05, 3.63) is 68.8 Å². The lowest BCUT2D eigenvalue weighted by Gasteiger charge is -2.17. The van der Waals surface area contributed by atoms with Crippen LogP contribution in [-0.4, -0.2) is 17.6 Å². The van der Waals surface area contributed by atoms with Crippen molar-refractivity contribution in [2.24, 2.45) is 0 Å². The van der Waals surface area contributed by atoms with E-state index in [-0.39, 0.29) is 18.6 Å². The first-order valence-electron chi connectivity index (χ1n) is 6.35. The lowest BCUT2D eigenvalue weighted by Crippen LogP contribution is -2.31. The normalized spacial score (nSPS) is 11.9. The fraction of sp³-hybridized carbons (Fsp3) is 0.188. The zero-order valence-corrected chi connectivity index (χ0v) is 13.3. The predicted octanol–water partition coefficient (Wildman–Crippen LogP) is 3.06. The molecule has 3 nitrogen and oxygen atoms in total. The summed E-state index contributed by atoms with van der Waals surface area (Å²) < 4.78 is 0.937. The third-order valence-electron chi connectivity index (χ3n) is 3.13. The summed E-state index contributed by atoms with van der Waals surface area (Å²) >= 11 is 2.17. The smallest absolute Gasteiger partial charge is 0.252 e. The monoisotopic (exact) mass is 381 g/mol. The Morgan fingerprint density at radius 3 is 2.55 bits per heavy atom. The Bertz CT molecular complexity index is 599. The van der Waals surface area contributed by atoms with E-state index in [0.717, 1.165) is 14.7 Å². The summed E-state index contributed by atoms with van der Waals surface area (Å²) in [6, 6.07) is 14.7. The maximum Gasteiger partial charge on any atom is 0.252 e. The first kappa shape index (κ1) is 15.0. The predicted molar refractivity (Wildman–Crippen MR) is 87.6 cm³/mol. The summed E-state index contributed by atoms with van der Waals surface area (Å²) in [5.41, 5.74) is 2.60. The molecule has 0 aliphatic carbocycles. The molecular weight excluding hydrogens is 365 g/mol. The minimum absolute atomic E-state index is 0.127. The zero-order valence-electron chi connectivity index (χ0n) is 11.1. The van der Waals surface area contributed by atoms with Gasteiger partial charge in [0, 0.05) is 3.57 Å². The molecule has 4 heteroatoms.